The first-order chi connectivity index (χ1) is 20.5. The number of carbonyl (C=O) groups excluding carboxylic acids is 2. The number of ether oxygens (including phenoxy) is 3. The Morgan fingerprint density at radius 3 is 2.45 bits per heavy atom. The summed E-state index contributed by atoms with van der Waals surface area (Å²) in [6.07, 6.45) is 1.10. The number of carbonyl (C=O) groups is 2. The number of esters is 1. The van der Waals surface area contributed by atoms with Crippen molar-refractivity contribution in [1.29, 1.82) is 0 Å². The molecule has 0 bridgehead atoms. The molecule has 0 radical (unpaired) electrons. The predicted molar refractivity (Wildman–Crippen MR) is 165 cm³/mol. The lowest BCUT2D eigenvalue weighted by Gasteiger charge is -2.26. The molecule has 3 aromatic carbocycles. The van der Waals surface area contributed by atoms with Crippen molar-refractivity contribution in [1.82, 2.24) is 4.98 Å². The first kappa shape index (κ1) is 29.3. The fraction of sp³-hybridized carbons (Fsp3) is 0.303. The average Bonchev–Trinajstić information content (AvgIpc) is 3.42. The second-order valence-corrected chi connectivity index (χ2v) is 11.2. The number of morpholine rings is 1. The summed E-state index contributed by atoms with van der Waals surface area (Å²) in [6, 6.07) is 23.3. The van der Waals surface area contributed by atoms with Crippen LogP contribution in [0.4, 0.5) is 10.8 Å². The van der Waals surface area contributed by atoms with E-state index in [0.29, 0.717) is 29.8 Å². The smallest absolute Gasteiger partial charge is 0.328 e. The number of benzene rings is 3. The second-order valence-electron chi connectivity index (χ2n) is 10.0. The Bertz CT molecular complexity index is 1480. The molecular formula is C33H35N3O5S. The van der Waals surface area contributed by atoms with Crippen LogP contribution in [-0.2, 0) is 27.1 Å². The highest BCUT2D eigenvalue weighted by molar-refractivity contribution is 7.15. The molecule has 218 valence electrons. The Kier molecular flexibility index (Phi) is 9.84. The van der Waals surface area contributed by atoms with Crippen molar-refractivity contribution >= 4 is 33.9 Å². The maximum Gasteiger partial charge on any atom is 0.328 e. The SMILES string of the molecule is COC(=O)[C@H](Cc1ccc(OCCc2nc(N3CCOCC3)sc2C)cc1)Nc1ccccc1C(=O)c1ccccc1. The van der Waals surface area contributed by atoms with E-state index in [1.807, 2.05) is 54.6 Å². The minimum Gasteiger partial charge on any atom is -0.493 e. The molecule has 5 rings (SSSR count). The van der Waals surface area contributed by atoms with Gasteiger partial charge in [-0.2, -0.15) is 0 Å². The van der Waals surface area contributed by atoms with Gasteiger partial charge >= 0.3 is 5.97 Å². The second kappa shape index (κ2) is 14.1. The Hall–Kier alpha value is -4.21. The Labute approximate surface area is 250 Å². The molecule has 1 aromatic heterocycles. The zero-order chi connectivity index (χ0) is 29.3. The molecule has 1 atom stereocenters. The highest BCUT2D eigenvalue weighted by atomic mass is 32.1. The van der Waals surface area contributed by atoms with Gasteiger partial charge in [0.2, 0.25) is 0 Å². The molecule has 1 fully saturated rings. The molecule has 8 nitrogen and oxygen atoms in total. The quantitative estimate of drug-likeness (QED) is 0.176. The monoisotopic (exact) mass is 585 g/mol. The Balaban J connectivity index is 1.19. The van der Waals surface area contributed by atoms with Crippen LogP contribution in [0, 0.1) is 6.92 Å². The zero-order valence-electron chi connectivity index (χ0n) is 23.9. The zero-order valence-corrected chi connectivity index (χ0v) is 24.7. The molecular weight excluding hydrogens is 550 g/mol. The van der Waals surface area contributed by atoms with Crippen LogP contribution >= 0.6 is 11.3 Å². The summed E-state index contributed by atoms with van der Waals surface area (Å²) in [5.74, 6) is 0.225. The summed E-state index contributed by atoms with van der Waals surface area (Å²) in [5, 5.41) is 4.30. The number of thiazole rings is 1. The molecule has 0 spiro atoms. The first-order valence-corrected chi connectivity index (χ1v) is 14.9. The van der Waals surface area contributed by atoms with Gasteiger partial charge in [0.1, 0.15) is 11.8 Å². The van der Waals surface area contributed by atoms with Crippen molar-refractivity contribution in [2.75, 3.05) is 50.2 Å². The number of hydrogen-bond acceptors (Lipinski definition) is 9. The van der Waals surface area contributed by atoms with Gasteiger partial charge in [-0.1, -0.05) is 54.6 Å². The molecule has 0 aliphatic carbocycles. The molecule has 2 heterocycles. The van der Waals surface area contributed by atoms with Gasteiger partial charge in [-0.3, -0.25) is 4.79 Å². The largest absolute Gasteiger partial charge is 0.493 e. The summed E-state index contributed by atoms with van der Waals surface area (Å²) in [5.41, 5.74) is 3.66. The summed E-state index contributed by atoms with van der Waals surface area (Å²) in [7, 11) is 1.36. The maximum absolute atomic E-state index is 13.2. The number of nitrogens with one attached hydrogen (secondary N) is 1. The van der Waals surface area contributed by atoms with Crippen LogP contribution in [0.3, 0.4) is 0 Å². The molecule has 42 heavy (non-hydrogen) atoms. The Morgan fingerprint density at radius 1 is 1.00 bits per heavy atom. The number of anilines is 2. The molecule has 4 aromatic rings. The summed E-state index contributed by atoms with van der Waals surface area (Å²) < 4.78 is 16.6. The third-order valence-electron chi connectivity index (χ3n) is 7.16. The van der Waals surface area contributed by atoms with Crippen molar-refractivity contribution in [3.63, 3.8) is 0 Å². The Morgan fingerprint density at radius 2 is 1.71 bits per heavy atom. The first-order valence-electron chi connectivity index (χ1n) is 14.1. The van der Waals surface area contributed by atoms with E-state index in [9.17, 15) is 9.59 Å². The molecule has 0 saturated carbocycles. The molecule has 0 amide bonds. The standard InChI is InChI=1S/C33H35N3O5S/c1-23-28(35-33(42-23)36-17-20-40-21-18-36)16-19-41-26-14-12-24(13-15-26)22-30(32(38)39-2)34-29-11-7-6-10-27(29)31(37)25-8-4-3-5-9-25/h3-15,30,34H,16-22H2,1-2H3/t30-/m0/s1. The van der Waals surface area contributed by atoms with Crippen LogP contribution < -0.4 is 15.0 Å². The number of methoxy groups -OCH3 is 1. The topological polar surface area (TPSA) is 90.0 Å². The highest BCUT2D eigenvalue weighted by Gasteiger charge is 2.23. The van der Waals surface area contributed by atoms with Crippen molar-refractivity contribution in [3.8, 4) is 5.75 Å². The van der Waals surface area contributed by atoms with Crippen LogP contribution in [0.2, 0.25) is 0 Å². The number of nitrogens with zero attached hydrogens (tertiary/aromatic N) is 2. The molecule has 1 aliphatic rings. The van der Waals surface area contributed by atoms with E-state index < -0.39 is 12.0 Å². The van der Waals surface area contributed by atoms with E-state index in [2.05, 4.69) is 17.1 Å². The van der Waals surface area contributed by atoms with Crippen LogP contribution in [0.5, 0.6) is 5.75 Å². The molecule has 9 heteroatoms. The van der Waals surface area contributed by atoms with Gasteiger partial charge in [-0.05, 0) is 36.8 Å². The lowest BCUT2D eigenvalue weighted by molar-refractivity contribution is -0.141. The average molecular weight is 586 g/mol. The lowest BCUT2D eigenvalue weighted by Crippen LogP contribution is -2.36. The van der Waals surface area contributed by atoms with Crippen molar-refractivity contribution in [2.24, 2.45) is 0 Å². The third-order valence-corrected chi connectivity index (χ3v) is 8.23. The fourth-order valence-electron chi connectivity index (χ4n) is 4.83. The minimum absolute atomic E-state index is 0.117. The predicted octanol–water partition coefficient (Wildman–Crippen LogP) is 5.34. The van der Waals surface area contributed by atoms with Crippen molar-refractivity contribution < 1.29 is 23.8 Å². The summed E-state index contributed by atoms with van der Waals surface area (Å²) >= 11 is 1.72. The molecule has 1 aliphatic heterocycles. The van der Waals surface area contributed by atoms with Crippen LogP contribution in [-0.4, -0.2) is 62.8 Å². The minimum atomic E-state index is -0.681. The van der Waals surface area contributed by atoms with E-state index in [0.717, 1.165) is 54.9 Å². The van der Waals surface area contributed by atoms with Crippen molar-refractivity contribution in [3.05, 3.63) is 106 Å². The number of hydrogen-bond donors (Lipinski definition) is 1. The highest BCUT2D eigenvalue weighted by Crippen LogP contribution is 2.27. The van der Waals surface area contributed by atoms with Gasteiger partial charge in [-0.25, -0.2) is 9.78 Å². The lowest BCUT2D eigenvalue weighted by atomic mass is 10.00. The van der Waals surface area contributed by atoms with Gasteiger partial charge in [0, 0.05) is 47.6 Å². The normalized spacial score (nSPS) is 13.8. The number of aromatic nitrogens is 1. The number of rotatable bonds is 12. The van der Waals surface area contributed by atoms with Gasteiger partial charge in [0.25, 0.3) is 0 Å². The fourth-order valence-corrected chi connectivity index (χ4v) is 5.84. The van der Waals surface area contributed by atoms with Crippen LogP contribution in [0.1, 0.15) is 32.1 Å². The number of ketones is 1. The number of aryl methyl sites for hydroxylation is 1. The maximum atomic E-state index is 13.2. The van der Waals surface area contributed by atoms with Gasteiger partial charge in [0.05, 0.1) is 32.6 Å². The molecule has 1 saturated heterocycles. The number of para-hydroxylation sites is 1. The van der Waals surface area contributed by atoms with Crippen LogP contribution in [0.15, 0.2) is 78.9 Å². The van der Waals surface area contributed by atoms with Gasteiger partial charge in [0.15, 0.2) is 10.9 Å². The third kappa shape index (κ3) is 7.35. The van der Waals surface area contributed by atoms with E-state index >= 15 is 0 Å². The van der Waals surface area contributed by atoms with Gasteiger partial charge in [-0.15, -0.1) is 11.3 Å². The summed E-state index contributed by atoms with van der Waals surface area (Å²) in [4.78, 5) is 34.2. The van der Waals surface area contributed by atoms with E-state index in [1.54, 1.807) is 35.6 Å². The molecule has 0 unspecified atom stereocenters. The van der Waals surface area contributed by atoms with Crippen molar-refractivity contribution in [2.45, 2.75) is 25.8 Å². The van der Waals surface area contributed by atoms with E-state index in [-0.39, 0.29) is 5.78 Å². The van der Waals surface area contributed by atoms with Gasteiger partial charge < -0.3 is 24.4 Å². The van der Waals surface area contributed by atoms with E-state index in [1.165, 1.54) is 12.0 Å². The molecule has 1 N–H and O–H groups in total. The van der Waals surface area contributed by atoms with Crippen LogP contribution in [0.25, 0.3) is 0 Å². The van der Waals surface area contributed by atoms with E-state index in [4.69, 9.17) is 19.2 Å². The summed E-state index contributed by atoms with van der Waals surface area (Å²) in [6.45, 7) is 5.85.